The molecule has 3 N–H and O–H groups in total. The number of rotatable bonds is 10. The summed E-state index contributed by atoms with van der Waals surface area (Å²) in [6.07, 6.45) is -0.00541. The van der Waals surface area contributed by atoms with E-state index in [9.17, 15) is 28.6 Å². The molecule has 5 rings (SSSR count). The van der Waals surface area contributed by atoms with Crippen molar-refractivity contribution in [2.45, 2.75) is 51.5 Å². The Morgan fingerprint density at radius 2 is 1.68 bits per heavy atom. The monoisotopic (exact) mass is 610 g/mol. The molecular weight excluding hydrogens is 577 g/mol. The van der Waals surface area contributed by atoms with Crippen molar-refractivity contribution >= 4 is 33.9 Å². The summed E-state index contributed by atoms with van der Waals surface area (Å²) in [5.74, 6) is -2.00. The molecule has 2 atom stereocenters. The van der Waals surface area contributed by atoms with Gasteiger partial charge in [0.15, 0.2) is 0 Å². The van der Waals surface area contributed by atoms with E-state index in [1.807, 2.05) is 42.7 Å². The topological polar surface area (TPSA) is 105 Å². The van der Waals surface area contributed by atoms with E-state index in [0.717, 1.165) is 5.39 Å². The summed E-state index contributed by atoms with van der Waals surface area (Å²) in [5.41, 5.74) is 3.24. The zero-order chi connectivity index (χ0) is 30.8. The zero-order valence-corrected chi connectivity index (χ0v) is 26.7. The molecule has 0 aliphatic carbocycles. The van der Waals surface area contributed by atoms with Crippen molar-refractivity contribution in [2.24, 2.45) is 0 Å². The Morgan fingerprint density at radius 3 is 2.34 bits per heavy atom. The predicted molar refractivity (Wildman–Crippen MR) is 164 cm³/mol. The number of pyridine rings is 1. The van der Waals surface area contributed by atoms with Gasteiger partial charge in [-0.2, -0.15) is 0 Å². The van der Waals surface area contributed by atoms with E-state index in [2.05, 4.69) is 0 Å². The van der Waals surface area contributed by atoms with Gasteiger partial charge in [-0.25, -0.2) is 8.78 Å². The molecule has 2 aromatic heterocycles. The van der Waals surface area contributed by atoms with Crippen molar-refractivity contribution in [3.8, 4) is 11.1 Å². The molecule has 0 saturated heterocycles. The third kappa shape index (κ3) is 6.87. The molecule has 0 bridgehead atoms. The summed E-state index contributed by atoms with van der Waals surface area (Å²) in [4.78, 5) is 25.4. The predicted octanol–water partition coefficient (Wildman–Crippen LogP) is 3.25. The Hall–Kier alpha value is -3.60. The summed E-state index contributed by atoms with van der Waals surface area (Å²) >= 11 is 0. The summed E-state index contributed by atoms with van der Waals surface area (Å²) in [5, 5.41) is 31.1. The second kappa shape index (κ2) is 14.0. The summed E-state index contributed by atoms with van der Waals surface area (Å²) in [7, 11) is 0. The van der Waals surface area contributed by atoms with Crippen LogP contribution in [0.15, 0.2) is 83.7 Å². The van der Waals surface area contributed by atoms with Gasteiger partial charge in [0.05, 0.1) is 30.7 Å². The van der Waals surface area contributed by atoms with Crippen LogP contribution in [0, 0.1) is 11.6 Å². The van der Waals surface area contributed by atoms with E-state index in [0.29, 0.717) is 38.8 Å². The molecule has 0 aliphatic heterocycles. The van der Waals surface area contributed by atoms with Crippen LogP contribution in [-0.4, -0.2) is 42.6 Å². The SMILES string of the molecule is CC(C)n1c(C=C[C@H](O)C[C@@H](O)CC(=O)O)c(-c2ccc(F)cc2)c2c3ccccc3n(Cc3cccc(F)c3)c(=O)c21.[H-].[Na+]. The van der Waals surface area contributed by atoms with E-state index in [1.165, 1.54) is 30.3 Å². The van der Waals surface area contributed by atoms with Gasteiger partial charge in [-0.15, -0.1) is 0 Å². The molecule has 10 heteroatoms. The van der Waals surface area contributed by atoms with Crippen molar-refractivity contribution in [3.05, 3.63) is 112 Å². The molecule has 0 fully saturated rings. The van der Waals surface area contributed by atoms with Crippen molar-refractivity contribution in [1.82, 2.24) is 9.13 Å². The number of aliphatic hydroxyl groups excluding tert-OH is 2. The number of aromatic nitrogens is 2. The standard InChI is InChI=1S/C34H32F2N2O5.Na.H/c1-20(2)38-29(15-14-25(39)17-26(40)18-30(41)42)31(22-10-12-23(35)13-11-22)32-27-8-3-4-9-28(27)37(34(43)33(32)38)19-21-6-5-7-24(36)16-21;;/h3-16,20,25-26,39-40H,17-19H2,1-2H3,(H,41,42);;/q;+1;-1/t25-,26+;;/m0../s1. The van der Waals surface area contributed by atoms with Gasteiger partial charge in [0.25, 0.3) is 5.56 Å². The minimum absolute atomic E-state index is 0. The van der Waals surface area contributed by atoms with E-state index in [1.54, 1.807) is 34.9 Å². The third-order valence-corrected chi connectivity index (χ3v) is 7.43. The molecular formula is C34H33F2N2NaO5. The van der Waals surface area contributed by atoms with Crippen molar-refractivity contribution in [1.29, 1.82) is 0 Å². The number of para-hydroxylation sites is 1. The van der Waals surface area contributed by atoms with Gasteiger partial charge in [-0.05, 0) is 61.4 Å². The molecule has 0 unspecified atom stereocenters. The Labute approximate surface area is 276 Å². The molecule has 0 radical (unpaired) electrons. The van der Waals surface area contributed by atoms with Crippen LogP contribution in [0.25, 0.3) is 39.0 Å². The van der Waals surface area contributed by atoms with Gasteiger partial charge in [-0.1, -0.05) is 48.5 Å². The molecule has 44 heavy (non-hydrogen) atoms. The Balaban J connectivity index is 0.00000276. The summed E-state index contributed by atoms with van der Waals surface area (Å²) in [6, 6.07) is 19.2. The largest absolute Gasteiger partial charge is 1.00 e. The number of fused-ring (bicyclic) bond motifs is 3. The number of hydrogen-bond acceptors (Lipinski definition) is 4. The number of nitrogens with zero attached hydrogens (tertiary/aromatic N) is 2. The number of halogens is 2. The molecule has 224 valence electrons. The first kappa shape index (κ1) is 33.3. The first-order valence-corrected chi connectivity index (χ1v) is 14.0. The molecule has 2 heterocycles. The molecule has 0 amide bonds. The minimum atomic E-state index is -1.25. The maximum atomic E-state index is 14.4. The van der Waals surface area contributed by atoms with E-state index >= 15 is 0 Å². The van der Waals surface area contributed by atoms with Crippen LogP contribution < -0.4 is 35.1 Å². The maximum Gasteiger partial charge on any atom is 1.00 e. The fourth-order valence-electron chi connectivity index (χ4n) is 5.67. The quantitative estimate of drug-likeness (QED) is 0.211. The Kier molecular flexibility index (Phi) is 10.6. The van der Waals surface area contributed by atoms with Crippen LogP contribution in [0.4, 0.5) is 8.78 Å². The zero-order valence-electron chi connectivity index (χ0n) is 25.7. The van der Waals surface area contributed by atoms with E-state index < -0.39 is 36.2 Å². The Morgan fingerprint density at radius 1 is 0.977 bits per heavy atom. The fourth-order valence-corrected chi connectivity index (χ4v) is 5.67. The van der Waals surface area contributed by atoms with Crippen LogP contribution >= 0.6 is 0 Å². The summed E-state index contributed by atoms with van der Waals surface area (Å²) < 4.78 is 31.6. The second-order valence-electron chi connectivity index (χ2n) is 10.9. The second-order valence-corrected chi connectivity index (χ2v) is 10.9. The number of carboxylic acid groups (broad SMARTS) is 1. The van der Waals surface area contributed by atoms with Crippen LogP contribution in [0.5, 0.6) is 0 Å². The average molecular weight is 611 g/mol. The van der Waals surface area contributed by atoms with Crippen molar-refractivity contribution in [2.75, 3.05) is 0 Å². The number of carbonyl (C=O) groups is 1. The van der Waals surface area contributed by atoms with Crippen LogP contribution in [-0.2, 0) is 11.3 Å². The van der Waals surface area contributed by atoms with E-state index in [-0.39, 0.29) is 55.6 Å². The number of aliphatic hydroxyl groups is 2. The number of benzene rings is 3. The molecule has 0 spiro atoms. The minimum Gasteiger partial charge on any atom is -1.00 e. The molecule has 0 saturated carbocycles. The van der Waals surface area contributed by atoms with Crippen molar-refractivity contribution in [3.63, 3.8) is 0 Å². The smallest absolute Gasteiger partial charge is 1.00 e. The Bertz CT molecular complexity index is 1900. The van der Waals surface area contributed by atoms with Crippen LogP contribution in [0.1, 0.15) is 45.4 Å². The maximum absolute atomic E-state index is 14.4. The van der Waals surface area contributed by atoms with Crippen LogP contribution in [0.3, 0.4) is 0 Å². The van der Waals surface area contributed by atoms with Crippen LogP contribution in [0.2, 0.25) is 0 Å². The van der Waals surface area contributed by atoms with Gasteiger partial charge >= 0.3 is 35.5 Å². The van der Waals surface area contributed by atoms with Gasteiger partial charge in [0.2, 0.25) is 0 Å². The van der Waals surface area contributed by atoms with Crippen molar-refractivity contribution < 1.29 is 59.9 Å². The molecule has 5 aromatic rings. The van der Waals surface area contributed by atoms with Gasteiger partial charge in [-0.3, -0.25) is 9.59 Å². The first-order valence-electron chi connectivity index (χ1n) is 14.0. The molecule has 0 aliphatic rings. The normalized spacial score (nSPS) is 13.1. The third-order valence-electron chi connectivity index (χ3n) is 7.43. The number of hydrogen-bond donors (Lipinski definition) is 3. The van der Waals surface area contributed by atoms with Gasteiger partial charge in [0, 0.05) is 34.5 Å². The average Bonchev–Trinajstić information content (AvgIpc) is 3.30. The fraction of sp³-hybridized carbons (Fsp3) is 0.235. The number of carboxylic acids is 1. The van der Waals surface area contributed by atoms with E-state index in [4.69, 9.17) is 5.11 Å². The molecule has 3 aromatic carbocycles. The summed E-state index contributed by atoms with van der Waals surface area (Å²) in [6.45, 7) is 3.97. The number of aliphatic carboxylic acids is 1. The molecule has 7 nitrogen and oxygen atoms in total. The van der Waals surface area contributed by atoms with Gasteiger partial charge in [0.1, 0.15) is 17.2 Å². The first-order chi connectivity index (χ1) is 20.5. The van der Waals surface area contributed by atoms with Gasteiger partial charge < -0.3 is 25.9 Å².